The molecule has 0 bridgehead atoms. The first-order chi connectivity index (χ1) is 8.50. The van der Waals surface area contributed by atoms with E-state index >= 15 is 0 Å². The zero-order valence-electron chi connectivity index (χ0n) is 9.57. The highest BCUT2D eigenvalue weighted by Crippen LogP contribution is 2.28. The first-order valence-corrected chi connectivity index (χ1v) is 5.67. The zero-order chi connectivity index (χ0) is 13.2. The number of hydrogen-bond acceptors (Lipinski definition) is 4. The number of piperidine rings is 1. The molecule has 0 N–H and O–H groups in total. The topological polar surface area (TPSA) is 46.1 Å². The van der Waals surface area contributed by atoms with Crippen LogP contribution in [0.1, 0.15) is 35.6 Å². The third-order valence-corrected chi connectivity index (χ3v) is 2.79. The highest BCUT2D eigenvalue weighted by atomic mass is 19.4. The van der Waals surface area contributed by atoms with Gasteiger partial charge in [0.2, 0.25) is 5.82 Å². The minimum atomic E-state index is -4.64. The van der Waals surface area contributed by atoms with Crippen LogP contribution in [0, 0.1) is 0 Å². The summed E-state index contributed by atoms with van der Waals surface area (Å²) in [6.07, 6.45) is -1.42. The maximum Gasteiger partial charge on any atom is 0.451 e. The van der Waals surface area contributed by atoms with Gasteiger partial charge in [0.25, 0.3) is 0 Å². The number of rotatable bonds is 2. The van der Waals surface area contributed by atoms with E-state index < -0.39 is 12.0 Å². The van der Waals surface area contributed by atoms with Gasteiger partial charge in [0.15, 0.2) is 6.29 Å². The number of anilines is 1. The van der Waals surface area contributed by atoms with Crippen molar-refractivity contribution < 1.29 is 18.0 Å². The molecule has 0 unspecified atom stereocenters. The van der Waals surface area contributed by atoms with E-state index in [0.29, 0.717) is 19.4 Å². The summed E-state index contributed by atoms with van der Waals surface area (Å²) in [5.41, 5.74) is -0.238. The number of carbonyl (C=O) groups excluding carboxylic acids is 1. The highest BCUT2D eigenvalue weighted by molar-refractivity contribution is 5.73. The smallest absolute Gasteiger partial charge is 0.356 e. The van der Waals surface area contributed by atoms with Crippen molar-refractivity contribution in [2.24, 2.45) is 0 Å². The van der Waals surface area contributed by atoms with E-state index in [0.717, 1.165) is 19.3 Å². The molecule has 0 aliphatic carbocycles. The molecule has 0 aromatic carbocycles. The predicted molar refractivity (Wildman–Crippen MR) is 58.5 cm³/mol. The van der Waals surface area contributed by atoms with E-state index in [9.17, 15) is 18.0 Å². The summed E-state index contributed by atoms with van der Waals surface area (Å²) in [6.45, 7) is 1.32. The van der Waals surface area contributed by atoms with Crippen LogP contribution < -0.4 is 4.90 Å². The summed E-state index contributed by atoms with van der Waals surface area (Å²) in [7, 11) is 0. The lowest BCUT2D eigenvalue weighted by molar-refractivity contribution is -0.144. The van der Waals surface area contributed by atoms with Crippen LogP contribution in [0.15, 0.2) is 6.07 Å². The van der Waals surface area contributed by atoms with E-state index in [4.69, 9.17) is 0 Å². The Morgan fingerprint density at radius 1 is 1.17 bits per heavy atom. The molecule has 0 saturated carbocycles. The van der Waals surface area contributed by atoms with Crippen LogP contribution in [0.4, 0.5) is 19.0 Å². The summed E-state index contributed by atoms with van der Waals surface area (Å²) >= 11 is 0. The fraction of sp³-hybridized carbons (Fsp3) is 0.545. The van der Waals surface area contributed by atoms with Crippen LogP contribution in [0.2, 0.25) is 0 Å². The second-order valence-electron chi connectivity index (χ2n) is 4.14. The molecular weight excluding hydrogens is 247 g/mol. The van der Waals surface area contributed by atoms with E-state index in [2.05, 4.69) is 9.97 Å². The number of hydrogen-bond donors (Lipinski definition) is 0. The molecule has 1 fully saturated rings. The lowest BCUT2D eigenvalue weighted by atomic mass is 10.1. The zero-order valence-corrected chi connectivity index (χ0v) is 9.57. The second-order valence-corrected chi connectivity index (χ2v) is 4.14. The van der Waals surface area contributed by atoms with E-state index in [-0.39, 0.29) is 11.5 Å². The molecule has 2 heterocycles. The van der Waals surface area contributed by atoms with Crippen molar-refractivity contribution in [3.63, 3.8) is 0 Å². The molecule has 2 rings (SSSR count). The molecule has 1 aromatic heterocycles. The summed E-state index contributed by atoms with van der Waals surface area (Å²) in [5.74, 6) is -1.08. The maximum absolute atomic E-state index is 12.6. The molecule has 0 amide bonds. The fourth-order valence-electron chi connectivity index (χ4n) is 1.92. The van der Waals surface area contributed by atoms with Crippen molar-refractivity contribution in [1.29, 1.82) is 0 Å². The van der Waals surface area contributed by atoms with Gasteiger partial charge in [-0.3, -0.25) is 4.79 Å². The van der Waals surface area contributed by atoms with Gasteiger partial charge in [0, 0.05) is 19.2 Å². The molecule has 1 saturated heterocycles. The van der Waals surface area contributed by atoms with Crippen molar-refractivity contribution in [2.45, 2.75) is 25.4 Å². The van der Waals surface area contributed by atoms with Crippen molar-refractivity contribution >= 4 is 12.1 Å². The Hall–Kier alpha value is -1.66. The molecular formula is C11H12F3N3O. The molecule has 98 valence electrons. The quantitative estimate of drug-likeness (QED) is 0.764. The van der Waals surface area contributed by atoms with Crippen LogP contribution in [0.5, 0.6) is 0 Å². The van der Waals surface area contributed by atoms with Gasteiger partial charge in [-0.2, -0.15) is 13.2 Å². The van der Waals surface area contributed by atoms with E-state index in [1.54, 1.807) is 4.90 Å². The Bertz CT molecular complexity index is 442. The van der Waals surface area contributed by atoms with Crippen molar-refractivity contribution in [1.82, 2.24) is 9.97 Å². The molecule has 18 heavy (non-hydrogen) atoms. The van der Waals surface area contributed by atoms with Gasteiger partial charge < -0.3 is 4.90 Å². The molecule has 7 heteroatoms. The minimum Gasteiger partial charge on any atom is -0.356 e. The Balaban J connectivity index is 2.37. The minimum absolute atomic E-state index is 0.180. The van der Waals surface area contributed by atoms with E-state index in [1.165, 1.54) is 6.07 Å². The second kappa shape index (κ2) is 4.91. The van der Waals surface area contributed by atoms with Crippen LogP contribution >= 0.6 is 0 Å². The van der Waals surface area contributed by atoms with Gasteiger partial charge in [-0.05, 0) is 19.3 Å². The molecule has 1 aromatic rings. The first kappa shape index (κ1) is 12.8. The number of nitrogens with zero attached hydrogens (tertiary/aromatic N) is 3. The van der Waals surface area contributed by atoms with Crippen LogP contribution in [-0.4, -0.2) is 29.3 Å². The largest absolute Gasteiger partial charge is 0.451 e. The third-order valence-electron chi connectivity index (χ3n) is 2.79. The predicted octanol–water partition coefficient (Wildman–Crippen LogP) is 2.30. The SMILES string of the molecule is O=Cc1cc(N2CCCCC2)nc(C(F)(F)F)n1. The van der Waals surface area contributed by atoms with Crippen LogP contribution in [0.3, 0.4) is 0 Å². The Morgan fingerprint density at radius 3 is 2.39 bits per heavy atom. The average molecular weight is 259 g/mol. The normalized spacial score (nSPS) is 16.7. The summed E-state index contributed by atoms with van der Waals surface area (Å²) < 4.78 is 37.8. The average Bonchev–Trinajstić information content (AvgIpc) is 2.38. The number of alkyl halides is 3. The van der Waals surface area contributed by atoms with Gasteiger partial charge in [0.1, 0.15) is 11.5 Å². The molecule has 4 nitrogen and oxygen atoms in total. The Kier molecular flexibility index (Phi) is 3.49. The highest BCUT2D eigenvalue weighted by Gasteiger charge is 2.35. The van der Waals surface area contributed by atoms with Gasteiger partial charge >= 0.3 is 6.18 Å². The molecule has 0 atom stereocenters. The summed E-state index contributed by atoms with van der Waals surface area (Å²) in [4.78, 5) is 19.1. The van der Waals surface area contributed by atoms with Gasteiger partial charge in [0.05, 0.1) is 0 Å². The standard InChI is InChI=1S/C11H12F3N3O/c12-11(13,14)10-15-8(7-18)6-9(16-10)17-4-2-1-3-5-17/h6-7H,1-5H2. The van der Waals surface area contributed by atoms with Crippen LogP contribution in [0.25, 0.3) is 0 Å². The summed E-state index contributed by atoms with van der Waals surface area (Å²) in [5, 5.41) is 0. The first-order valence-electron chi connectivity index (χ1n) is 5.67. The van der Waals surface area contributed by atoms with Crippen molar-refractivity contribution in [2.75, 3.05) is 18.0 Å². The molecule has 0 spiro atoms. The summed E-state index contributed by atoms with van der Waals surface area (Å²) in [6, 6.07) is 1.30. The number of carbonyl (C=O) groups is 1. The lowest BCUT2D eigenvalue weighted by Gasteiger charge is -2.28. The lowest BCUT2D eigenvalue weighted by Crippen LogP contribution is -2.31. The van der Waals surface area contributed by atoms with E-state index in [1.807, 2.05) is 0 Å². The van der Waals surface area contributed by atoms with Crippen LogP contribution in [-0.2, 0) is 6.18 Å². The van der Waals surface area contributed by atoms with Gasteiger partial charge in [-0.1, -0.05) is 0 Å². The third kappa shape index (κ3) is 2.77. The van der Waals surface area contributed by atoms with Gasteiger partial charge in [-0.15, -0.1) is 0 Å². The van der Waals surface area contributed by atoms with Gasteiger partial charge in [-0.25, -0.2) is 9.97 Å². The molecule has 1 aliphatic heterocycles. The molecule has 0 radical (unpaired) electrons. The maximum atomic E-state index is 12.6. The number of aldehydes is 1. The number of aromatic nitrogens is 2. The Labute approximate surface area is 102 Å². The van der Waals surface area contributed by atoms with Crippen molar-refractivity contribution in [3.05, 3.63) is 17.6 Å². The fourth-order valence-corrected chi connectivity index (χ4v) is 1.92. The Morgan fingerprint density at radius 2 is 1.83 bits per heavy atom. The molecule has 1 aliphatic rings. The van der Waals surface area contributed by atoms with Crippen molar-refractivity contribution in [3.8, 4) is 0 Å². The number of halogens is 3. The monoisotopic (exact) mass is 259 g/mol.